The summed E-state index contributed by atoms with van der Waals surface area (Å²) < 4.78 is 5.66. The van der Waals surface area contributed by atoms with Gasteiger partial charge in [-0.25, -0.2) is 0 Å². The first kappa shape index (κ1) is 12.7. The van der Waals surface area contributed by atoms with Gasteiger partial charge in [0.1, 0.15) is 11.5 Å². The molecule has 3 nitrogen and oxygen atoms in total. The van der Waals surface area contributed by atoms with Crippen molar-refractivity contribution in [1.29, 1.82) is 0 Å². The smallest absolute Gasteiger partial charge is 0.138 e. The number of hydrogen-bond donors (Lipinski definition) is 1. The molecule has 2 aliphatic heterocycles. The molecule has 1 aromatic carbocycles. The number of benzene rings is 1. The fourth-order valence-electron chi connectivity index (χ4n) is 3.32. The molecular formula is C16H21NO2. The van der Waals surface area contributed by atoms with E-state index in [-0.39, 0.29) is 5.92 Å². The second-order valence-corrected chi connectivity index (χ2v) is 5.68. The quantitative estimate of drug-likeness (QED) is 0.906. The summed E-state index contributed by atoms with van der Waals surface area (Å²) in [4.78, 5) is 12.5. The SMILES string of the molecule is CC1NCCC1C(=O)CC1CCOc2ccccc21. The van der Waals surface area contributed by atoms with Crippen molar-refractivity contribution in [2.75, 3.05) is 13.2 Å². The highest BCUT2D eigenvalue weighted by atomic mass is 16.5. The van der Waals surface area contributed by atoms with Gasteiger partial charge >= 0.3 is 0 Å². The number of Topliss-reactive ketones (excluding diaryl/α,β-unsaturated/α-hetero) is 1. The normalized spacial score (nSPS) is 29.6. The molecule has 3 unspecified atom stereocenters. The third kappa shape index (κ3) is 2.52. The first-order valence-corrected chi connectivity index (χ1v) is 7.23. The van der Waals surface area contributed by atoms with E-state index in [9.17, 15) is 4.79 Å². The Balaban J connectivity index is 1.72. The Morgan fingerprint density at radius 1 is 1.37 bits per heavy atom. The van der Waals surface area contributed by atoms with Gasteiger partial charge in [-0.15, -0.1) is 0 Å². The van der Waals surface area contributed by atoms with Crippen LogP contribution in [0.1, 0.15) is 37.7 Å². The Morgan fingerprint density at radius 2 is 2.21 bits per heavy atom. The molecule has 0 aromatic heterocycles. The van der Waals surface area contributed by atoms with Crippen LogP contribution in [0.3, 0.4) is 0 Å². The predicted octanol–water partition coefficient (Wildman–Crippen LogP) is 2.51. The van der Waals surface area contributed by atoms with E-state index in [1.54, 1.807) is 0 Å². The van der Waals surface area contributed by atoms with E-state index in [1.807, 2.05) is 18.2 Å². The van der Waals surface area contributed by atoms with Gasteiger partial charge in [-0.05, 0) is 43.9 Å². The van der Waals surface area contributed by atoms with Gasteiger partial charge < -0.3 is 10.1 Å². The molecule has 3 atom stereocenters. The van der Waals surface area contributed by atoms with Crippen LogP contribution in [-0.4, -0.2) is 25.0 Å². The number of carbonyl (C=O) groups excluding carboxylic acids is 1. The number of para-hydroxylation sites is 1. The lowest BCUT2D eigenvalue weighted by Gasteiger charge is -2.26. The molecule has 0 bridgehead atoms. The summed E-state index contributed by atoms with van der Waals surface area (Å²) in [6.07, 6.45) is 2.61. The third-order valence-corrected chi connectivity index (χ3v) is 4.47. The van der Waals surface area contributed by atoms with Crippen LogP contribution in [0.4, 0.5) is 0 Å². The van der Waals surface area contributed by atoms with Crippen LogP contribution in [0.15, 0.2) is 24.3 Å². The van der Waals surface area contributed by atoms with Gasteiger partial charge in [0.25, 0.3) is 0 Å². The fourth-order valence-corrected chi connectivity index (χ4v) is 3.32. The van der Waals surface area contributed by atoms with E-state index in [1.165, 1.54) is 5.56 Å². The van der Waals surface area contributed by atoms with Crippen molar-refractivity contribution >= 4 is 5.78 Å². The summed E-state index contributed by atoms with van der Waals surface area (Å²) in [5, 5.41) is 3.36. The highest BCUT2D eigenvalue weighted by Crippen LogP contribution is 2.36. The van der Waals surface area contributed by atoms with E-state index in [0.717, 1.165) is 31.7 Å². The minimum Gasteiger partial charge on any atom is -0.493 e. The minimum atomic E-state index is 0.204. The summed E-state index contributed by atoms with van der Waals surface area (Å²) >= 11 is 0. The number of ketones is 1. The highest BCUT2D eigenvalue weighted by Gasteiger charge is 2.32. The Morgan fingerprint density at radius 3 is 3.00 bits per heavy atom. The van der Waals surface area contributed by atoms with Crippen LogP contribution in [-0.2, 0) is 4.79 Å². The van der Waals surface area contributed by atoms with Crippen molar-refractivity contribution in [1.82, 2.24) is 5.32 Å². The molecule has 1 N–H and O–H groups in total. The lowest BCUT2D eigenvalue weighted by molar-refractivity contribution is -0.123. The van der Waals surface area contributed by atoms with Crippen LogP contribution in [0, 0.1) is 5.92 Å². The lowest BCUT2D eigenvalue weighted by atomic mass is 9.84. The Bertz CT molecular complexity index is 472. The minimum absolute atomic E-state index is 0.204. The van der Waals surface area contributed by atoms with Gasteiger partial charge in [-0.1, -0.05) is 18.2 Å². The van der Waals surface area contributed by atoms with Crippen LogP contribution in [0.25, 0.3) is 0 Å². The van der Waals surface area contributed by atoms with Crippen molar-refractivity contribution in [2.24, 2.45) is 5.92 Å². The second-order valence-electron chi connectivity index (χ2n) is 5.68. The molecule has 0 aliphatic carbocycles. The first-order valence-electron chi connectivity index (χ1n) is 7.23. The van der Waals surface area contributed by atoms with Gasteiger partial charge in [0.2, 0.25) is 0 Å². The van der Waals surface area contributed by atoms with E-state index in [0.29, 0.717) is 24.2 Å². The van der Waals surface area contributed by atoms with Crippen LogP contribution in [0.2, 0.25) is 0 Å². The molecular weight excluding hydrogens is 238 g/mol. The Kier molecular flexibility index (Phi) is 3.56. The molecule has 2 aliphatic rings. The predicted molar refractivity (Wildman–Crippen MR) is 74.5 cm³/mol. The standard InChI is InChI=1S/C16H21NO2/c1-11-13(6-8-17-11)15(18)10-12-7-9-19-16-5-3-2-4-14(12)16/h2-5,11-13,17H,6-10H2,1H3. The summed E-state index contributed by atoms with van der Waals surface area (Å²) in [5.41, 5.74) is 1.21. The van der Waals surface area contributed by atoms with Crippen molar-refractivity contribution in [3.05, 3.63) is 29.8 Å². The maximum atomic E-state index is 12.5. The van der Waals surface area contributed by atoms with Gasteiger partial charge in [0.05, 0.1) is 6.61 Å². The molecule has 1 saturated heterocycles. The van der Waals surface area contributed by atoms with Crippen LogP contribution in [0.5, 0.6) is 5.75 Å². The molecule has 0 saturated carbocycles. The molecule has 0 amide bonds. The third-order valence-electron chi connectivity index (χ3n) is 4.47. The van der Waals surface area contributed by atoms with Crippen molar-refractivity contribution < 1.29 is 9.53 Å². The molecule has 1 aromatic rings. The molecule has 2 heterocycles. The molecule has 3 rings (SSSR count). The molecule has 19 heavy (non-hydrogen) atoms. The fraction of sp³-hybridized carbons (Fsp3) is 0.562. The summed E-state index contributed by atoms with van der Waals surface area (Å²) in [5.74, 6) is 1.92. The first-order chi connectivity index (χ1) is 9.25. The van der Waals surface area contributed by atoms with Crippen LogP contribution >= 0.6 is 0 Å². The number of carbonyl (C=O) groups is 1. The van der Waals surface area contributed by atoms with Gasteiger partial charge in [0, 0.05) is 18.4 Å². The number of hydrogen-bond acceptors (Lipinski definition) is 3. The topological polar surface area (TPSA) is 38.3 Å². The molecule has 0 radical (unpaired) electrons. The lowest BCUT2D eigenvalue weighted by Crippen LogP contribution is -2.29. The largest absolute Gasteiger partial charge is 0.493 e. The van der Waals surface area contributed by atoms with Gasteiger partial charge in [0.15, 0.2) is 0 Å². The second kappa shape index (κ2) is 5.33. The van der Waals surface area contributed by atoms with E-state index in [2.05, 4.69) is 18.3 Å². The van der Waals surface area contributed by atoms with Gasteiger partial charge in [-0.3, -0.25) is 4.79 Å². The molecule has 3 heteroatoms. The van der Waals surface area contributed by atoms with Crippen LogP contribution < -0.4 is 10.1 Å². The van der Waals surface area contributed by atoms with Crippen molar-refractivity contribution in [3.8, 4) is 5.75 Å². The van der Waals surface area contributed by atoms with Crippen molar-refractivity contribution in [3.63, 3.8) is 0 Å². The number of ether oxygens (including phenoxy) is 1. The molecule has 0 spiro atoms. The number of nitrogens with one attached hydrogen (secondary N) is 1. The zero-order chi connectivity index (χ0) is 13.2. The van der Waals surface area contributed by atoms with Gasteiger partial charge in [-0.2, -0.15) is 0 Å². The molecule has 102 valence electrons. The molecule has 1 fully saturated rings. The maximum Gasteiger partial charge on any atom is 0.138 e. The van der Waals surface area contributed by atoms with E-state index < -0.39 is 0 Å². The Hall–Kier alpha value is -1.35. The monoisotopic (exact) mass is 259 g/mol. The average molecular weight is 259 g/mol. The maximum absolute atomic E-state index is 12.5. The van der Waals surface area contributed by atoms with Crippen molar-refractivity contribution in [2.45, 2.75) is 38.1 Å². The number of rotatable bonds is 3. The number of fused-ring (bicyclic) bond motifs is 1. The van der Waals surface area contributed by atoms with E-state index >= 15 is 0 Å². The zero-order valence-electron chi connectivity index (χ0n) is 11.4. The summed E-state index contributed by atoms with van der Waals surface area (Å²) in [6, 6.07) is 8.47. The average Bonchev–Trinajstić information content (AvgIpc) is 2.85. The summed E-state index contributed by atoms with van der Waals surface area (Å²) in [7, 11) is 0. The highest BCUT2D eigenvalue weighted by molar-refractivity contribution is 5.83. The zero-order valence-corrected chi connectivity index (χ0v) is 11.4. The van der Waals surface area contributed by atoms with E-state index in [4.69, 9.17) is 4.74 Å². The Labute approximate surface area is 114 Å². The summed E-state index contributed by atoms with van der Waals surface area (Å²) in [6.45, 7) is 3.82.